The van der Waals surface area contributed by atoms with Crippen molar-refractivity contribution >= 4 is 0 Å². The Labute approximate surface area is 101 Å². The van der Waals surface area contributed by atoms with E-state index in [4.69, 9.17) is 4.42 Å². The molecule has 3 heterocycles. The Morgan fingerprint density at radius 1 is 1.53 bits per heavy atom. The summed E-state index contributed by atoms with van der Waals surface area (Å²) < 4.78 is 7.56. The van der Waals surface area contributed by atoms with E-state index in [9.17, 15) is 0 Å². The van der Waals surface area contributed by atoms with Crippen LogP contribution in [0.25, 0.3) is 0 Å². The number of imidazole rings is 1. The number of fused-ring (bicyclic) bond motifs is 1. The molecule has 1 atom stereocenters. The van der Waals surface area contributed by atoms with Crippen LogP contribution in [0.15, 0.2) is 35.2 Å². The molecule has 90 valence electrons. The molecule has 17 heavy (non-hydrogen) atoms. The molecule has 1 N–H and O–H groups in total. The first-order valence-corrected chi connectivity index (χ1v) is 6.17. The first-order valence-electron chi connectivity index (χ1n) is 6.17. The van der Waals surface area contributed by atoms with Gasteiger partial charge in [-0.3, -0.25) is 0 Å². The van der Waals surface area contributed by atoms with Crippen LogP contribution in [0.2, 0.25) is 0 Å². The predicted octanol–water partition coefficient (Wildman–Crippen LogP) is 2.14. The van der Waals surface area contributed by atoms with E-state index in [1.807, 2.05) is 18.3 Å². The van der Waals surface area contributed by atoms with Crippen LogP contribution in [0.3, 0.4) is 0 Å². The molecule has 0 radical (unpaired) electrons. The van der Waals surface area contributed by atoms with Crippen LogP contribution < -0.4 is 5.32 Å². The van der Waals surface area contributed by atoms with E-state index in [0.29, 0.717) is 5.92 Å². The van der Waals surface area contributed by atoms with Gasteiger partial charge in [-0.05, 0) is 25.0 Å². The highest BCUT2D eigenvalue weighted by atomic mass is 16.3. The van der Waals surface area contributed by atoms with Gasteiger partial charge in [0.05, 0.1) is 12.8 Å². The molecule has 4 nitrogen and oxygen atoms in total. The number of hydrogen-bond acceptors (Lipinski definition) is 3. The summed E-state index contributed by atoms with van der Waals surface area (Å²) in [6.45, 7) is 2.88. The topological polar surface area (TPSA) is 43.0 Å². The van der Waals surface area contributed by atoms with Crippen molar-refractivity contribution in [3.8, 4) is 0 Å². The third kappa shape index (κ3) is 2.26. The van der Waals surface area contributed by atoms with Gasteiger partial charge in [0.15, 0.2) is 0 Å². The maximum atomic E-state index is 5.29. The largest absolute Gasteiger partial charge is 0.468 e. The van der Waals surface area contributed by atoms with Crippen LogP contribution in [0.5, 0.6) is 0 Å². The maximum Gasteiger partial charge on any atom is 0.117 e. The summed E-state index contributed by atoms with van der Waals surface area (Å²) in [7, 11) is 0. The monoisotopic (exact) mass is 231 g/mol. The molecule has 0 saturated heterocycles. The summed E-state index contributed by atoms with van der Waals surface area (Å²) in [5, 5.41) is 3.44. The van der Waals surface area contributed by atoms with Gasteiger partial charge in [-0.2, -0.15) is 0 Å². The third-order valence-electron chi connectivity index (χ3n) is 3.33. The molecule has 0 bridgehead atoms. The van der Waals surface area contributed by atoms with Gasteiger partial charge in [-0.1, -0.05) is 0 Å². The SMILES string of the molecule is c1coc(CNC[C@H]2CCCn3ccnc32)c1. The molecule has 0 fully saturated rings. The number of furan rings is 1. The van der Waals surface area contributed by atoms with Crippen LogP contribution >= 0.6 is 0 Å². The number of aryl methyl sites for hydroxylation is 1. The lowest BCUT2D eigenvalue weighted by Gasteiger charge is -2.23. The normalized spacial score (nSPS) is 19.2. The summed E-state index contributed by atoms with van der Waals surface area (Å²) in [5.41, 5.74) is 0. The molecular formula is C13H17N3O. The van der Waals surface area contributed by atoms with Gasteiger partial charge in [0.25, 0.3) is 0 Å². The lowest BCUT2D eigenvalue weighted by Crippen LogP contribution is -2.26. The van der Waals surface area contributed by atoms with Crippen LogP contribution in [0.1, 0.15) is 30.3 Å². The van der Waals surface area contributed by atoms with Gasteiger partial charge < -0.3 is 14.3 Å². The van der Waals surface area contributed by atoms with Crippen molar-refractivity contribution in [2.45, 2.75) is 31.8 Å². The van der Waals surface area contributed by atoms with E-state index >= 15 is 0 Å². The van der Waals surface area contributed by atoms with Crippen molar-refractivity contribution in [1.29, 1.82) is 0 Å². The fourth-order valence-corrected chi connectivity index (χ4v) is 2.48. The van der Waals surface area contributed by atoms with Gasteiger partial charge in [0, 0.05) is 31.4 Å². The fraction of sp³-hybridized carbons (Fsp3) is 0.462. The highest BCUT2D eigenvalue weighted by Crippen LogP contribution is 2.24. The summed E-state index contributed by atoms with van der Waals surface area (Å²) in [5.74, 6) is 2.75. The van der Waals surface area contributed by atoms with Crippen molar-refractivity contribution < 1.29 is 4.42 Å². The van der Waals surface area contributed by atoms with E-state index in [-0.39, 0.29) is 0 Å². The molecule has 0 unspecified atom stereocenters. The zero-order chi connectivity index (χ0) is 11.5. The Balaban J connectivity index is 1.57. The summed E-state index contributed by atoms with van der Waals surface area (Å²) >= 11 is 0. The predicted molar refractivity (Wildman–Crippen MR) is 64.6 cm³/mol. The highest BCUT2D eigenvalue weighted by molar-refractivity contribution is 5.04. The zero-order valence-electron chi connectivity index (χ0n) is 9.80. The van der Waals surface area contributed by atoms with Crippen LogP contribution in [0, 0.1) is 0 Å². The van der Waals surface area contributed by atoms with E-state index in [1.165, 1.54) is 18.7 Å². The average Bonchev–Trinajstić information content (AvgIpc) is 2.99. The average molecular weight is 231 g/mol. The minimum atomic E-state index is 0.536. The molecule has 1 aliphatic rings. The Morgan fingerprint density at radius 2 is 2.53 bits per heavy atom. The molecule has 0 saturated carbocycles. The molecule has 0 aliphatic carbocycles. The minimum absolute atomic E-state index is 0.536. The zero-order valence-corrected chi connectivity index (χ0v) is 9.80. The maximum absolute atomic E-state index is 5.29. The summed E-state index contributed by atoms with van der Waals surface area (Å²) in [6.07, 6.45) is 8.16. The van der Waals surface area contributed by atoms with Gasteiger partial charge in [-0.15, -0.1) is 0 Å². The van der Waals surface area contributed by atoms with Crippen molar-refractivity contribution in [1.82, 2.24) is 14.9 Å². The standard InChI is InChI=1S/C13H17N3O/c1-3-11(13-15-5-7-16(13)6-1)9-14-10-12-4-2-8-17-12/h2,4-5,7-8,11,14H,1,3,6,9-10H2/t11-/m1/s1. The van der Waals surface area contributed by atoms with Gasteiger partial charge in [0.1, 0.15) is 11.6 Å². The van der Waals surface area contributed by atoms with Gasteiger partial charge >= 0.3 is 0 Å². The van der Waals surface area contributed by atoms with E-state index < -0.39 is 0 Å². The van der Waals surface area contributed by atoms with Crippen molar-refractivity contribution in [3.05, 3.63) is 42.4 Å². The van der Waals surface area contributed by atoms with E-state index in [2.05, 4.69) is 21.1 Å². The second-order valence-corrected chi connectivity index (χ2v) is 4.53. The smallest absolute Gasteiger partial charge is 0.117 e. The second kappa shape index (κ2) is 4.75. The van der Waals surface area contributed by atoms with Crippen molar-refractivity contribution in [3.63, 3.8) is 0 Å². The van der Waals surface area contributed by atoms with E-state index in [0.717, 1.165) is 25.4 Å². The summed E-state index contributed by atoms with van der Waals surface area (Å²) in [6, 6.07) is 3.92. The number of hydrogen-bond donors (Lipinski definition) is 1. The Morgan fingerprint density at radius 3 is 3.41 bits per heavy atom. The molecule has 1 aliphatic heterocycles. The first kappa shape index (κ1) is 10.6. The molecule has 0 amide bonds. The van der Waals surface area contributed by atoms with Gasteiger partial charge in [0.2, 0.25) is 0 Å². The molecular weight excluding hydrogens is 214 g/mol. The Hall–Kier alpha value is -1.55. The molecule has 2 aromatic heterocycles. The molecule has 4 heteroatoms. The minimum Gasteiger partial charge on any atom is -0.468 e. The lowest BCUT2D eigenvalue weighted by atomic mass is 9.99. The van der Waals surface area contributed by atoms with Crippen molar-refractivity contribution in [2.75, 3.05) is 6.54 Å². The second-order valence-electron chi connectivity index (χ2n) is 4.53. The molecule has 2 aromatic rings. The van der Waals surface area contributed by atoms with E-state index in [1.54, 1.807) is 6.26 Å². The number of nitrogens with zero attached hydrogens (tertiary/aromatic N) is 2. The molecule has 0 spiro atoms. The van der Waals surface area contributed by atoms with Crippen molar-refractivity contribution in [2.24, 2.45) is 0 Å². The quantitative estimate of drug-likeness (QED) is 0.876. The van der Waals surface area contributed by atoms with Crippen LogP contribution in [-0.4, -0.2) is 16.1 Å². The number of aromatic nitrogens is 2. The Bertz CT molecular complexity index is 461. The Kier molecular flexibility index (Phi) is 2.96. The van der Waals surface area contributed by atoms with Crippen LogP contribution in [-0.2, 0) is 13.1 Å². The lowest BCUT2D eigenvalue weighted by molar-refractivity contribution is 0.410. The number of nitrogens with one attached hydrogen (secondary N) is 1. The van der Waals surface area contributed by atoms with Gasteiger partial charge in [-0.25, -0.2) is 4.98 Å². The van der Waals surface area contributed by atoms with Crippen LogP contribution in [0.4, 0.5) is 0 Å². The molecule has 3 rings (SSSR count). The fourth-order valence-electron chi connectivity index (χ4n) is 2.48. The summed E-state index contributed by atoms with van der Waals surface area (Å²) in [4.78, 5) is 4.45. The molecule has 0 aromatic carbocycles. The first-order chi connectivity index (χ1) is 8.43. The highest BCUT2D eigenvalue weighted by Gasteiger charge is 2.20. The number of rotatable bonds is 4. The third-order valence-corrected chi connectivity index (χ3v) is 3.33.